The highest BCUT2D eigenvalue weighted by Crippen LogP contribution is 2.21. The predicted octanol–water partition coefficient (Wildman–Crippen LogP) is 1.74. The first-order chi connectivity index (χ1) is 13.3. The van der Waals surface area contributed by atoms with Gasteiger partial charge in [0.05, 0.1) is 0 Å². The van der Waals surface area contributed by atoms with Crippen LogP contribution in [-0.2, 0) is 16.6 Å². The van der Waals surface area contributed by atoms with Crippen LogP contribution in [0, 0.1) is 0 Å². The lowest BCUT2D eigenvalue weighted by Crippen LogP contribution is -2.40. The number of carbonyl (C=O) groups excluding carboxylic acids is 3. The zero-order valence-electron chi connectivity index (χ0n) is 16.3. The van der Waals surface area contributed by atoms with Gasteiger partial charge in [-0.05, 0) is 25.8 Å². The number of benzene rings is 1. The second-order valence-electron chi connectivity index (χ2n) is 7.42. The fourth-order valence-electron chi connectivity index (χ4n) is 3.25. The molecule has 28 heavy (non-hydrogen) atoms. The average molecular weight is 383 g/mol. The second-order valence-corrected chi connectivity index (χ2v) is 7.42. The second kappa shape index (κ2) is 7.84. The van der Waals surface area contributed by atoms with Gasteiger partial charge in [0.25, 0.3) is 5.91 Å². The fraction of sp³-hybridized carbons (Fsp3) is 0.400. The van der Waals surface area contributed by atoms with E-state index in [2.05, 4.69) is 15.6 Å². The fourth-order valence-corrected chi connectivity index (χ4v) is 3.25. The van der Waals surface area contributed by atoms with Crippen molar-refractivity contribution in [1.29, 1.82) is 0 Å². The summed E-state index contributed by atoms with van der Waals surface area (Å²) in [6, 6.07) is 8.84. The van der Waals surface area contributed by atoms with E-state index in [1.54, 1.807) is 20.0 Å². The summed E-state index contributed by atoms with van der Waals surface area (Å²) in [4.78, 5) is 42.2. The highest BCUT2D eigenvalue weighted by Gasteiger charge is 2.43. The van der Waals surface area contributed by atoms with Crippen LogP contribution in [0.15, 0.2) is 42.7 Å². The minimum atomic E-state index is -0.893. The molecule has 1 aromatic carbocycles. The number of imidazole rings is 1. The smallest absolute Gasteiger partial charge is 0.325 e. The summed E-state index contributed by atoms with van der Waals surface area (Å²) in [6.45, 7) is 3.54. The summed E-state index contributed by atoms with van der Waals surface area (Å²) in [6.07, 6.45) is 4.11. The molecule has 0 bridgehead atoms. The van der Waals surface area contributed by atoms with E-state index in [-0.39, 0.29) is 30.8 Å². The van der Waals surface area contributed by atoms with E-state index in [1.165, 1.54) is 4.90 Å². The summed E-state index contributed by atoms with van der Waals surface area (Å²) in [5, 5.41) is 5.65. The Labute approximate surface area is 163 Å². The topological polar surface area (TPSA) is 96.3 Å². The van der Waals surface area contributed by atoms with E-state index >= 15 is 0 Å². The number of carbonyl (C=O) groups is 3. The van der Waals surface area contributed by atoms with Gasteiger partial charge in [0.1, 0.15) is 17.4 Å². The Kier molecular flexibility index (Phi) is 5.48. The average Bonchev–Trinajstić information content (AvgIpc) is 3.16. The first kappa shape index (κ1) is 19.6. The number of nitrogens with one attached hydrogen (secondary N) is 2. The van der Waals surface area contributed by atoms with Crippen LogP contribution >= 0.6 is 0 Å². The minimum absolute atomic E-state index is 0.164. The molecule has 8 nitrogen and oxygen atoms in total. The van der Waals surface area contributed by atoms with E-state index in [0.29, 0.717) is 6.42 Å². The van der Waals surface area contributed by atoms with Gasteiger partial charge < -0.3 is 15.2 Å². The molecule has 1 aliphatic heterocycles. The maximum atomic E-state index is 12.5. The number of aromatic nitrogens is 2. The Bertz CT molecular complexity index is 875. The third-order valence-electron chi connectivity index (χ3n) is 4.78. The van der Waals surface area contributed by atoms with Gasteiger partial charge in [-0.1, -0.05) is 30.3 Å². The van der Waals surface area contributed by atoms with E-state index in [0.717, 1.165) is 11.4 Å². The van der Waals surface area contributed by atoms with Crippen LogP contribution in [0.4, 0.5) is 4.79 Å². The van der Waals surface area contributed by atoms with Crippen LogP contribution in [0.2, 0.25) is 0 Å². The maximum absolute atomic E-state index is 12.5. The lowest BCUT2D eigenvalue weighted by atomic mass is 10.1. The van der Waals surface area contributed by atoms with Crippen LogP contribution < -0.4 is 10.6 Å². The number of rotatable bonds is 7. The molecule has 1 fully saturated rings. The van der Waals surface area contributed by atoms with E-state index in [4.69, 9.17) is 0 Å². The maximum Gasteiger partial charge on any atom is 0.325 e. The molecule has 1 aromatic heterocycles. The largest absolute Gasteiger partial charge is 0.342 e. The monoisotopic (exact) mass is 383 g/mol. The van der Waals surface area contributed by atoms with Crippen molar-refractivity contribution in [2.24, 2.45) is 7.05 Å². The van der Waals surface area contributed by atoms with Gasteiger partial charge in [0, 0.05) is 32.4 Å². The zero-order chi connectivity index (χ0) is 20.3. The summed E-state index contributed by atoms with van der Waals surface area (Å²) >= 11 is 0. The molecule has 8 heteroatoms. The predicted molar refractivity (Wildman–Crippen MR) is 103 cm³/mol. The van der Waals surface area contributed by atoms with E-state index < -0.39 is 11.6 Å². The Balaban J connectivity index is 1.61. The highest BCUT2D eigenvalue weighted by molar-refractivity contribution is 6.06. The number of urea groups is 1. The first-order valence-electron chi connectivity index (χ1n) is 9.25. The molecule has 1 unspecified atom stereocenters. The lowest BCUT2D eigenvalue weighted by molar-refractivity contribution is -0.130. The molecule has 2 N–H and O–H groups in total. The van der Waals surface area contributed by atoms with Gasteiger partial charge in [0.2, 0.25) is 5.91 Å². The highest BCUT2D eigenvalue weighted by atomic mass is 16.2. The lowest BCUT2D eigenvalue weighted by Gasteiger charge is -2.20. The molecule has 0 radical (unpaired) electrons. The van der Waals surface area contributed by atoms with Gasteiger partial charge in [-0.2, -0.15) is 0 Å². The number of imide groups is 1. The summed E-state index contributed by atoms with van der Waals surface area (Å²) < 4.78 is 1.87. The van der Waals surface area contributed by atoms with Gasteiger partial charge in [-0.25, -0.2) is 9.78 Å². The Hall–Kier alpha value is -3.16. The van der Waals surface area contributed by atoms with Crippen LogP contribution in [0.5, 0.6) is 0 Å². The molecule has 2 aromatic rings. The van der Waals surface area contributed by atoms with Crippen molar-refractivity contribution < 1.29 is 14.4 Å². The van der Waals surface area contributed by atoms with Gasteiger partial charge in [0.15, 0.2) is 0 Å². The number of aryl methyl sites for hydroxylation is 1. The molecule has 1 saturated heterocycles. The molecule has 4 amide bonds. The number of hydrogen-bond acceptors (Lipinski definition) is 4. The molecule has 0 aliphatic carbocycles. The Morgan fingerprint density at radius 3 is 2.54 bits per heavy atom. The number of hydrogen-bond donors (Lipinski definition) is 2. The molecule has 1 aliphatic rings. The van der Waals surface area contributed by atoms with Gasteiger partial charge in [-0.3, -0.25) is 14.5 Å². The quantitative estimate of drug-likeness (QED) is 0.712. The van der Waals surface area contributed by atoms with Crippen molar-refractivity contribution in [1.82, 2.24) is 25.1 Å². The molecule has 148 valence electrons. The summed E-state index contributed by atoms with van der Waals surface area (Å²) in [5.41, 5.74) is 0.0386. The summed E-state index contributed by atoms with van der Waals surface area (Å²) in [7, 11) is 1.88. The molecule has 2 heterocycles. The zero-order valence-corrected chi connectivity index (χ0v) is 16.3. The Morgan fingerprint density at radius 2 is 1.96 bits per heavy atom. The number of amides is 4. The van der Waals surface area contributed by atoms with E-state index in [9.17, 15) is 14.4 Å². The first-order valence-corrected chi connectivity index (χ1v) is 9.25. The van der Waals surface area contributed by atoms with Gasteiger partial charge >= 0.3 is 6.03 Å². The normalized spacial score (nSPS) is 16.8. The van der Waals surface area contributed by atoms with Crippen LogP contribution in [-0.4, -0.2) is 44.4 Å². The third kappa shape index (κ3) is 4.05. The molecule has 3 rings (SSSR count). The van der Waals surface area contributed by atoms with Crippen LogP contribution in [0.25, 0.3) is 0 Å². The van der Waals surface area contributed by atoms with Gasteiger partial charge in [-0.15, -0.1) is 0 Å². The van der Waals surface area contributed by atoms with Crippen LogP contribution in [0.3, 0.4) is 0 Å². The molecule has 0 saturated carbocycles. The van der Waals surface area contributed by atoms with Crippen molar-refractivity contribution in [3.63, 3.8) is 0 Å². The number of nitrogens with zero attached hydrogens (tertiary/aromatic N) is 3. The van der Waals surface area contributed by atoms with Crippen molar-refractivity contribution >= 4 is 17.8 Å². The molecular weight excluding hydrogens is 358 g/mol. The van der Waals surface area contributed by atoms with Crippen molar-refractivity contribution in [2.75, 3.05) is 6.54 Å². The van der Waals surface area contributed by atoms with E-state index in [1.807, 2.05) is 48.1 Å². The Morgan fingerprint density at radius 1 is 1.25 bits per heavy atom. The minimum Gasteiger partial charge on any atom is -0.342 e. The summed E-state index contributed by atoms with van der Waals surface area (Å²) in [5.74, 6) is 0.298. The standard InChI is InChI=1S/C20H25N5O3/c1-20(2)18(27)25(19(28)23-20)12-7-10-15(26)22-16(14-8-5-4-6-9-14)17-21-11-13-24(17)3/h4-6,8-9,11,13,16H,7,10,12H2,1-3H3,(H,22,26)(H,23,28). The third-order valence-corrected chi connectivity index (χ3v) is 4.78. The van der Waals surface area contributed by atoms with Crippen molar-refractivity contribution in [3.8, 4) is 0 Å². The molecule has 0 spiro atoms. The van der Waals surface area contributed by atoms with Crippen molar-refractivity contribution in [2.45, 2.75) is 38.3 Å². The SMILES string of the molecule is Cn1ccnc1C(NC(=O)CCCN1C(=O)NC(C)(C)C1=O)c1ccccc1. The molecule has 1 atom stereocenters. The van der Waals surface area contributed by atoms with Crippen molar-refractivity contribution in [3.05, 3.63) is 54.1 Å². The van der Waals surface area contributed by atoms with Crippen LogP contribution in [0.1, 0.15) is 44.1 Å². The molecular formula is C20H25N5O3.